The lowest BCUT2D eigenvalue weighted by Crippen LogP contribution is -2.36. The number of hydrogen-bond acceptors (Lipinski definition) is 6. The number of pyridine rings is 1. The van der Waals surface area contributed by atoms with Gasteiger partial charge >= 0.3 is 0 Å². The molecule has 30 heavy (non-hydrogen) atoms. The average Bonchev–Trinajstić information content (AvgIpc) is 3.04. The van der Waals surface area contributed by atoms with Crippen LogP contribution in [0.25, 0.3) is 5.57 Å². The van der Waals surface area contributed by atoms with Crippen LogP contribution in [0.2, 0.25) is 0 Å². The van der Waals surface area contributed by atoms with E-state index < -0.39 is 0 Å². The molecule has 1 fully saturated rings. The van der Waals surface area contributed by atoms with Crippen molar-refractivity contribution >= 4 is 17.4 Å². The number of aromatic nitrogens is 1. The van der Waals surface area contributed by atoms with Gasteiger partial charge < -0.3 is 14.4 Å². The first-order valence-corrected chi connectivity index (χ1v) is 10.1. The first-order valence-electron chi connectivity index (χ1n) is 10.1. The maximum absolute atomic E-state index is 13.5. The molecule has 2 aromatic rings. The number of benzene rings is 1. The van der Waals surface area contributed by atoms with Gasteiger partial charge in [0.25, 0.3) is 11.8 Å². The van der Waals surface area contributed by atoms with E-state index in [0.717, 1.165) is 37.9 Å². The van der Waals surface area contributed by atoms with E-state index in [0.29, 0.717) is 28.3 Å². The molecule has 3 heterocycles. The van der Waals surface area contributed by atoms with Crippen LogP contribution in [0.5, 0.6) is 11.5 Å². The molecule has 7 nitrogen and oxygen atoms in total. The molecule has 0 radical (unpaired) electrons. The number of nitrogens with zero attached hydrogens (tertiary/aromatic N) is 3. The van der Waals surface area contributed by atoms with E-state index in [-0.39, 0.29) is 18.4 Å². The third-order valence-electron chi connectivity index (χ3n) is 5.55. The SMILES string of the molecule is COc1ccc(C2=C(N3CCCCC3)C(=O)N(Cc3cccnc3)C2=O)cc1OC. The molecule has 0 spiro atoms. The van der Waals surface area contributed by atoms with Gasteiger partial charge in [0.2, 0.25) is 0 Å². The molecule has 2 aliphatic heterocycles. The first kappa shape index (κ1) is 19.9. The van der Waals surface area contributed by atoms with Crippen molar-refractivity contribution in [3.05, 3.63) is 59.5 Å². The number of rotatable bonds is 6. The molecule has 4 rings (SSSR count). The largest absolute Gasteiger partial charge is 0.493 e. The van der Waals surface area contributed by atoms with Crippen LogP contribution in [0.3, 0.4) is 0 Å². The first-order chi connectivity index (χ1) is 14.6. The minimum absolute atomic E-state index is 0.194. The lowest BCUT2D eigenvalue weighted by molar-refractivity contribution is -0.138. The van der Waals surface area contributed by atoms with E-state index in [9.17, 15) is 9.59 Å². The van der Waals surface area contributed by atoms with Crippen molar-refractivity contribution in [2.24, 2.45) is 0 Å². The highest BCUT2D eigenvalue weighted by Crippen LogP contribution is 2.37. The highest BCUT2D eigenvalue weighted by atomic mass is 16.5. The highest BCUT2D eigenvalue weighted by Gasteiger charge is 2.42. The van der Waals surface area contributed by atoms with Gasteiger partial charge in [0.1, 0.15) is 5.70 Å². The third-order valence-corrected chi connectivity index (χ3v) is 5.55. The molecule has 0 saturated carbocycles. The minimum Gasteiger partial charge on any atom is -0.493 e. The maximum Gasteiger partial charge on any atom is 0.278 e. The summed E-state index contributed by atoms with van der Waals surface area (Å²) >= 11 is 0. The van der Waals surface area contributed by atoms with Crippen LogP contribution in [0.1, 0.15) is 30.4 Å². The Morgan fingerprint density at radius 3 is 2.40 bits per heavy atom. The Hall–Kier alpha value is -3.35. The minimum atomic E-state index is -0.295. The van der Waals surface area contributed by atoms with Crippen molar-refractivity contribution in [1.82, 2.24) is 14.8 Å². The van der Waals surface area contributed by atoms with Gasteiger partial charge in [0, 0.05) is 25.5 Å². The standard InChI is InChI=1S/C23H25N3O4/c1-29-18-9-8-17(13-19(18)30-2)20-21(25-11-4-3-5-12-25)23(28)26(22(20)27)15-16-7-6-10-24-14-16/h6-10,13-14H,3-5,11-12,15H2,1-2H3. The average molecular weight is 407 g/mol. The van der Waals surface area contributed by atoms with E-state index in [2.05, 4.69) is 9.88 Å². The van der Waals surface area contributed by atoms with Crippen molar-refractivity contribution in [2.75, 3.05) is 27.3 Å². The summed E-state index contributed by atoms with van der Waals surface area (Å²) in [5.41, 5.74) is 2.37. The number of imide groups is 1. The van der Waals surface area contributed by atoms with Gasteiger partial charge in [0.15, 0.2) is 11.5 Å². The van der Waals surface area contributed by atoms with E-state index in [1.54, 1.807) is 50.9 Å². The lowest BCUT2D eigenvalue weighted by atomic mass is 10.0. The molecular weight excluding hydrogens is 382 g/mol. The quantitative estimate of drug-likeness (QED) is 0.686. The smallest absolute Gasteiger partial charge is 0.278 e. The van der Waals surface area contributed by atoms with Gasteiger partial charge in [0.05, 0.1) is 26.3 Å². The second-order valence-electron chi connectivity index (χ2n) is 7.40. The van der Waals surface area contributed by atoms with Crippen LogP contribution in [0.15, 0.2) is 48.4 Å². The predicted octanol–water partition coefficient (Wildman–Crippen LogP) is 2.86. The van der Waals surface area contributed by atoms with Crippen molar-refractivity contribution in [2.45, 2.75) is 25.8 Å². The number of amides is 2. The molecule has 0 atom stereocenters. The molecule has 7 heteroatoms. The number of ether oxygens (including phenoxy) is 2. The van der Waals surface area contributed by atoms with E-state index in [1.807, 2.05) is 6.07 Å². The van der Waals surface area contributed by atoms with E-state index in [1.165, 1.54) is 4.90 Å². The van der Waals surface area contributed by atoms with E-state index in [4.69, 9.17) is 9.47 Å². The number of methoxy groups -OCH3 is 2. The fraction of sp³-hybridized carbons (Fsp3) is 0.348. The van der Waals surface area contributed by atoms with E-state index >= 15 is 0 Å². The zero-order valence-electron chi connectivity index (χ0n) is 17.3. The van der Waals surface area contributed by atoms with Gasteiger partial charge in [-0.2, -0.15) is 0 Å². The Kier molecular flexibility index (Phi) is 5.70. The van der Waals surface area contributed by atoms with Crippen LogP contribution in [-0.4, -0.2) is 53.9 Å². The van der Waals surface area contributed by atoms with Crippen LogP contribution < -0.4 is 9.47 Å². The fourth-order valence-electron chi connectivity index (χ4n) is 4.04. The summed E-state index contributed by atoms with van der Waals surface area (Å²) in [5.74, 6) is 0.545. The number of likely N-dealkylation sites (tertiary alicyclic amines) is 1. The van der Waals surface area contributed by atoms with Crippen molar-refractivity contribution < 1.29 is 19.1 Å². The molecule has 0 N–H and O–H groups in total. The summed E-state index contributed by atoms with van der Waals surface area (Å²) < 4.78 is 10.7. The summed E-state index contributed by atoms with van der Waals surface area (Å²) in [6.45, 7) is 1.73. The zero-order chi connectivity index (χ0) is 21.1. The topological polar surface area (TPSA) is 72.0 Å². The number of carbonyl (C=O) groups is 2. The Bertz CT molecular complexity index is 981. The molecule has 2 amide bonds. The third kappa shape index (κ3) is 3.63. The maximum atomic E-state index is 13.5. The molecule has 2 aliphatic rings. The number of carbonyl (C=O) groups excluding carboxylic acids is 2. The molecular formula is C23H25N3O4. The number of hydrogen-bond donors (Lipinski definition) is 0. The normalized spacial score (nSPS) is 17.0. The van der Waals surface area contributed by atoms with Crippen LogP contribution in [0.4, 0.5) is 0 Å². The number of piperidine rings is 1. The molecule has 1 saturated heterocycles. The van der Waals surface area contributed by atoms with Crippen molar-refractivity contribution in [1.29, 1.82) is 0 Å². The Morgan fingerprint density at radius 1 is 0.967 bits per heavy atom. The second-order valence-corrected chi connectivity index (χ2v) is 7.40. The predicted molar refractivity (Wildman–Crippen MR) is 112 cm³/mol. The monoisotopic (exact) mass is 407 g/mol. The summed E-state index contributed by atoms with van der Waals surface area (Å²) in [7, 11) is 3.12. The lowest BCUT2D eigenvalue weighted by Gasteiger charge is -2.29. The van der Waals surface area contributed by atoms with Gasteiger partial charge in [-0.3, -0.25) is 19.5 Å². The molecule has 0 unspecified atom stereocenters. The molecule has 0 aliphatic carbocycles. The van der Waals surface area contributed by atoms with Crippen LogP contribution >= 0.6 is 0 Å². The molecule has 1 aromatic heterocycles. The molecule has 0 bridgehead atoms. The molecule has 1 aromatic carbocycles. The Balaban J connectivity index is 1.77. The summed E-state index contributed by atoms with van der Waals surface area (Å²) in [4.78, 5) is 34.3. The Morgan fingerprint density at radius 2 is 1.73 bits per heavy atom. The zero-order valence-corrected chi connectivity index (χ0v) is 17.3. The molecule has 156 valence electrons. The summed E-state index contributed by atoms with van der Waals surface area (Å²) in [6.07, 6.45) is 6.50. The van der Waals surface area contributed by atoms with Gasteiger partial charge in [-0.05, 0) is 48.6 Å². The fourth-order valence-corrected chi connectivity index (χ4v) is 4.04. The van der Waals surface area contributed by atoms with Gasteiger partial charge in [-0.15, -0.1) is 0 Å². The summed E-state index contributed by atoms with van der Waals surface area (Å²) in [5, 5.41) is 0. The van der Waals surface area contributed by atoms with Gasteiger partial charge in [-0.25, -0.2) is 0 Å². The Labute approximate surface area is 175 Å². The van der Waals surface area contributed by atoms with Crippen LogP contribution in [-0.2, 0) is 16.1 Å². The second kappa shape index (κ2) is 8.57. The van der Waals surface area contributed by atoms with Crippen molar-refractivity contribution in [3.63, 3.8) is 0 Å². The van der Waals surface area contributed by atoms with Crippen molar-refractivity contribution in [3.8, 4) is 11.5 Å². The van der Waals surface area contributed by atoms with Gasteiger partial charge in [-0.1, -0.05) is 12.1 Å². The highest BCUT2D eigenvalue weighted by molar-refractivity contribution is 6.35. The summed E-state index contributed by atoms with van der Waals surface area (Å²) in [6, 6.07) is 8.99. The van der Waals surface area contributed by atoms with Crippen LogP contribution in [0, 0.1) is 0 Å².